The zero-order chi connectivity index (χ0) is 27.2. The number of hydrogen-bond donors (Lipinski definition) is 0. The zero-order valence-corrected chi connectivity index (χ0v) is 24.8. The fraction of sp³-hybridized carbons (Fsp3) is 0.625. The van der Waals surface area contributed by atoms with E-state index in [0.717, 1.165) is 63.5 Å². The van der Waals surface area contributed by atoms with E-state index in [1.54, 1.807) is 0 Å². The maximum atomic E-state index is 6.13. The largest absolute Gasteiger partial charge is 0.491 e. The predicted molar refractivity (Wildman–Crippen MR) is 156 cm³/mol. The maximum Gasteiger partial charge on any atom is 0.125 e. The Labute approximate surface area is 227 Å². The summed E-state index contributed by atoms with van der Waals surface area (Å²) in [6.07, 6.45) is 4.48. The molecule has 0 heterocycles. The van der Waals surface area contributed by atoms with Gasteiger partial charge in [-0.15, -0.1) is 0 Å². The molecule has 0 aliphatic rings. The van der Waals surface area contributed by atoms with Crippen LogP contribution in [0, 0.1) is 27.7 Å². The van der Waals surface area contributed by atoms with Gasteiger partial charge in [-0.2, -0.15) is 0 Å². The average molecular weight is 513 g/mol. The van der Waals surface area contributed by atoms with Gasteiger partial charge in [0.15, 0.2) is 0 Å². The predicted octanol–water partition coefficient (Wildman–Crippen LogP) is 6.60. The maximum absolute atomic E-state index is 6.13. The van der Waals surface area contributed by atoms with E-state index in [1.807, 2.05) is 0 Å². The van der Waals surface area contributed by atoms with Crippen LogP contribution >= 0.6 is 0 Å². The minimum Gasteiger partial charge on any atom is -0.491 e. The van der Waals surface area contributed by atoms with Gasteiger partial charge in [0.05, 0.1) is 0 Å². The van der Waals surface area contributed by atoms with Gasteiger partial charge in [0.2, 0.25) is 0 Å². The summed E-state index contributed by atoms with van der Waals surface area (Å²) < 4.78 is 18.2. The minimum atomic E-state index is 0.380. The highest BCUT2D eigenvalue weighted by Crippen LogP contribution is 2.23. The molecule has 2 aromatic carbocycles. The molecule has 208 valence electrons. The first kappa shape index (κ1) is 31.1. The summed E-state index contributed by atoms with van der Waals surface area (Å²) in [5, 5.41) is 0. The number of nitrogens with zero attached hydrogens (tertiary/aromatic N) is 2. The molecule has 0 radical (unpaired) electrons. The van der Waals surface area contributed by atoms with E-state index < -0.39 is 0 Å². The number of hydrogen-bond acceptors (Lipinski definition) is 5. The van der Waals surface area contributed by atoms with Gasteiger partial charge >= 0.3 is 0 Å². The van der Waals surface area contributed by atoms with E-state index in [4.69, 9.17) is 14.2 Å². The minimum absolute atomic E-state index is 0.380. The van der Waals surface area contributed by atoms with Crippen LogP contribution in [0.1, 0.15) is 61.8 Å². The third-order valence-electron chi connectivity index (χ3n) is 7.36. The number of para-hydroxylation sites is 2. The smallest absolute Gasteiger partial charge is 0.125 e. The second-order valence-corrected chi connectivity index (χ2v) is 10.7. The van der Waals surface area contributed by atoms with Crippen molar-refractivity contribution in [3.8, 4) is 11.5 Å². The molecule has 5 heteroatoms. The lowest BCUT2D eigenvalue weighted by Crippen LogP contribution is -2.35. The summed E-state index contributed by atoms with van der Waals surface area (Å²) in [7, 11) is 4.37. The lowest BCUT2D eigenvalue weighted by Gasteiger charge is -2.25. The Hall–Kier alpha value is -2.08. The Kier molecular flexibility index (Phi) is 14.1. The second-order valence-electron chi connectivity index (χ2n) is 10.7. The molecular formula is C32H52N2O3. The molecule has 37 heavy (non-hydrogen) atoms. The van der Waals surface area contributed by atoms with Crippen molar-refractivity contribution in [1.82, 2.24) is 9.80 Å². The van der Waals surface area contributed by atoms with Gasteiger partial charge < -0.3 is 24.0 Å². The number of benzene rings is 2. The fourth-order valence-corrected chi connectivity index (χ4v) is 4.39. The number of ether oxygens (including phenoxy) is 3. The van der Waals surface area contributed by atoms with Crippen molar-refractivity contribution >= 4 is 0 Å². The number of likely N-dealkylation sites (N-methyl/N-ethyl adjacent to an activating group) is 2. The van der Waals surface area contributed by atoms with Gasteiger partial charge in [0, 0.05) is 25.3 Å². The molecule has 0 spiro atoms. The van der Waals surface area contributed by atoms with Crippen LogP contribution in [-0.4, -0.2) is 75.5 Å². The van der Waals surface area contributed by atoms with E-state index in [1.165, 1.54) is 22.3 Å². The van der Waals surface area contributed by atoms with Crippen LogP contribution in [0.15, 0.2) is 36.4 Å². The van der Waals surface area contributed by atoms with Crippen LogP contribution in [-0.2, 0) is 4.74 Å². The van der Waals surface area contributed by atoms with Crippen LogP contribution in [0.25, 0.3) is 0 Å². The Bertz CT molecular complexity index is 803. The average Bonchev–Trinajstić information content (AvgIpc) is 2.86. The Morgan fingerprint density at radius 2 is 0.946 bits per heavy atom. The summed E-state index contributed by atoms with van der Waals surface area (Å²) >= 11 is 0. The van der Waals surface area contributed by atoms with Crippen LogP contribution < -0.4 is 9.47 Å². The SMILES string of the molecule is Cc1cccc(C)c1OCC(C)N(C)CCCCOCCCCN(C)C(C)COc1c(C)cccc1C. The van der Waals surface area contributed by atoms with Gasteiger partial charge in [-0.05, 0) is 117 Å². The number of rotatable bonds is 18. The third kappa shape index (κ3) is 11.1. The first-order valence-corrected chi connectivity index (χ1v) is 14.1. The molecule has 0 aromatic heterocycles. The van der Waals surface area contributed by atoms with Crippen LogP contribution in [0.2, 0.25) is 0 Å². The molecule has 2 rings (SSSR count). The lowest BCUT2D eigenvalue weighted by atomic mass is 10.1. The summed E-state index contributed by atoms with van der Waals surface area (Å²) in [6, 6.07) is 13.4. The molecule has 0 N–H and O–H groups in total. The molecule has 2 atom stereocenters. The van der Waals surface area contributed by atoms with Crippen molar-refractivity contribution in [2.24, 2.45) is 0 Å². The fourth-order valence-electron chi connectivity index (χ4n) is 4.39. The highest BCUT2D eigenvalue weighted by molar-refractivity contribution is 5.40. The van der Waals surface area contributed by atoms with E-state index in [-0.39, 0.29) is 0 Å². The molecule has 2 unspecified atom stereocenters. The van der Waals surface area contributed by atoms with Crippen LogP contribution in [0.5, 0.6) is 11.5 Å². The first-order chi connectivity index (χ1) is 17.7. The number of unbranched alkanes of at least 4 members (excludes halogenated alkanes) is 2. The van der Waals surface area contributed by atoms with E-state index >= 15 is 0 Å². The quantitative estimate of drug-likeness (QED) is 0.210. The van der Waals surface area contributed by atoms with Crippen LogP contribution in [0.3, 0.4) is 0 Å². The molecule has 0 fully saturated rings. The van der Waals surface area contributed by atoms with Crippen molar-refractivity contribution in [2.45, 2.75) is 79.3 Å². The second kappa shape index (κ2) is 16.7. The molecule has 0 aliphatic heterocycles. The number of aryl methyl sites for hydroxylation is 4. The van der Waals surface area contributed by atoms with E-state index in [9.17, 15) is 0 Å². The molecule has 0 bridgehead atoms. The highest BCUT2D eigenvalue weighted by atomic mass is 16.5. The lowest BCUT2D eigenvalue weighted by molar-refractivity contribution is 0.114. The molecule has 2 aromatic rings. The topological polar surface area (TPSA) is 34.2 Å². The van der Waals surface area contributed by atoms with Gasteiger partial charge in [0.1, 0.15) is 24.7 Å². The summed E-state index contributed by atoms with van der Waals surface area (Å²) in [5.41, 5.74) is 4.82. The summed E-state index contributed by atoms with van der Waals surface area (Å²) in [6.45, 7) is 18.1. The molecule has 0 saturated carbocycles. The zero-order valence-electron chi connectivity index (χ0n) is 24.8. The third-order valence-corrected chi connectivity index (χ3v) is 7.36. The Morgan fingerprint density at radius 3 is 1.30 bits per heavy atom. The monoisotopic (exact) mass is 512 g/mol. The normalized spacial score (nSPS) is 13.2. The Balaban J connectivity index is 1.48. The summed E-state index contributed by atoms with van der Waals surface area (Å²) in [5.74, 6) is 2.06. The first-order valence-electron chi connectivity index (χ1n) is 14.1. The molecule has 0 amide bonds. The van der Waals surface area contributed by atoms with Crippen molar-refractivity contribution in [3.63, 3.8) is 0 Å². The molecule has 0 saturated heterocycles. The van der Waals surface area contributed by atoms with Crippen molar-refractivity contribution in [1.29, 1.82) is 0 Å². The standard InChI is InChI=1S/C32H52N2O3/c1-25-15-13-16-26(2)31(25)36-23-29(5)33(7)19-9-11-21-35-22-12-10-20-34(8)30(6)24-37-32-27(3)17-14-18-28(32)4/h13-18,29-30H,9-12,19-24H2,1-8H3. The van der Waals surface area contributed by atoms with Gasteiger partial charge in [-0.25, -0.2) is 0 Å². The van der Waals surface area contributed by atoms with Gasteiger partial charge in [-0.1, -0.05) is 36.4 Å². The van der Waals surface area contributed by atoms with Crippen molar-refractivity contribution in [3.05, 3.63) is 58.7 Å². The molecule has 5 nitrogen and oxygen atoms in total. The van der Waals surface area contributed by atoms with E-state index in [0.29, 0.717) is 25.3 Å². The van der Waals surface area contributed by atoms with Gasteiger partial charge in [-0.3, -0.25) is 0 Å². The molecular weight excluding hydrogens is 460 g/mol. The highest BCUT2D eigenvalue weighted by Gasteiger charge is 2.13. The van der Waals surface area contributed by atoms with Crippen molar-refractivity contribution < 1.29 is 14.2 Å². The van der Waals surface area contributed by atoms with Gasteiger partial charge in [0.25, 0.3) is 0 Å². The van der Waals surface area contributed by atoms with Crippen molar-refractivity contribution in [2.75, 3.05) is 53.6 Å². The molecule has 0 aliphatic carbocycles. The van der Waals surface area contributed by atoms with E-state index in [2.05, 4.69) is 102 Å². The Morgan fingerprint density at radius 1 is 0.595 bits per heavy atom. The van der Waals surface area contributed by atoms with Crippen LogP contribution in [0.4, 0.5) is 0 Å². The summed E-state index contributed by atoms with van der Waals surface area (Å²) in [4.78, 5) is 4.77.